The van der Waals surface area contributed by atoms with E-state index in [0.29, 0.717) is 24.9 Å². The summed E-state index contributed by atoms with van der Waals surface area (Å²) in [5.41, 5.74) is 1.35. The fourth-order valence-electron chi connectivity index (χ4n) is 3.48. The summed E-state index contributed by atoms with van der Waals surface area (Å²) in [7, 11) is 2.17. The van der Waals surface area contributed by atoms with Crippen LogP contribution in [0.25, 0.3) is 0 Å². The van der Waals surface area contributed by atoms with Gasteiger partial charge in [0.2, 0.25) is 11.8 Å². The zero-order valence-corrected chi connectivity index (χ0v) is 17.6. The number of nitrogens with one attached hydrogen (secondary N) is 2. The molecule has 1 fully saturated rings. The van der Waals surface area contributed by atoms with E-state index in [0.717, 1.165) is 39.0 Å². The van der Waals surface area contributed by atoms with E-state index in [1.54, 1.807) is 0 Å². The van der Waals surface area contributed by atoms with E-state index in [4.69, 9.17) is 0 Å². The van der Waals surface area contributed by atoms with Gasteiger partial charge in [-0.05, 0) is 31.4 Å². The van der Waals surface area contributed by atoms with Crippen LogP contribution in [-0.2, 0) is 9.59 Å². The van der Waals surface area contributed by atoms with E-state index in [2.05, 4.69) is 71.7 Å². The smallest absolute Gasteiger partial charge is 0.239 e. The van der Waals surface area contributed by atoms with Crippen molar-refractivity contribution in [1.29, 1.82) is 0 Å². The molecular formula is C22H36N4O2. The Morgan fingerprint density at radius 1 is 1.11 bits per heavy atom. The first-order chi connectivity index (χ1) is 13.5. The molecule has 1 aliphatic rings. The van der Waals surface area contributed by atoms with Crippen molar-refractivity contribution >= 4 is 11.8 Å². The second-order valence-corrected chi connectivity index (χ2v) is 8.14. The van der Waals surface area contributed by atoms with Gasteiger partial charge in [0.05, 0.1) is 6.54 Å². The van der Waals surface area contributed by atoms with Gasteiger partial charge in [0.15, 0.2) is 0 Å². The van der Waals surface area contributed by atoms with E-state index in [1.165, 1.54) is 5.56 Å². The molecule has 0 aromatic heterocycles. The molecule has 6 heteroatoms. The van der Waals surface area contributed by atoms with Crippen molar-refractivity contribution in [3.63, 3.8) is 0 Å². The minimum absolute atomic E-state index is 0.0491. The van der Waals surface area contributed by atoms with Crippen LogP contribution >= 0.6 is 0 Å². The van der Waals surface area contributed by atoms with Gasteiger partial charge >= 0.3 is 0 Å². The van der Waals surface area contributed by atoms with E-state index in [-0.39, 0.29) is 18.4 Å². The van der Waals surface area contributed by atoms with Crippen molar-refractivity contribution in [1.82, 2.24) is 20.4 Å². The fourth-order valence-corrected chi connectivity index (χ4v) is 3.48. The molecule has 2 rings (SSSR count). The predicted octanol–water partition coefficient (Wildman–Crippen LogP) is 2.03. The van der Waals surface area contributed by atoms with Crippen molar-refractivity contribution < 1.29 is 9.59 Å². The third kappa shape index (κ3) is 7.98. The van der Waals surface area contributed by atoms with Gasteiger partial charge in [0, 0.05) is 45.2 Å². The van der Waals surface area contributed by atoms with Crippen LogP contribution in [0.2, 0.25) is 0 Å². The molecule has 0 spiro atoms. The molecule has 2 amide bonds. The van der Waals surface area contributed by atoms with Crippen LogP contribution in [-0.4, -0.2) is 67.9 Å². The highest BCUT2D eigenvalue weighted by molar-refractivity contribution is 5.84. The molecule has 0 bridgehead atoms. The first-order valence-electron chi connectivity index (χ1n) is 10.5. The lowest BCUT2D eigenvalue weighted by Gasteiger charge is -2.40. The maximum Gasteiger partial charge on any atom is 0.239 e. The third-order valence-electron chi connectivity index (χ3n) is 5.22. The molecule has 1 unspecified atom stereocenters. The number of rotatable bonds is 10. The number of piperazine rings is 1. The molecule has 1 aromatic carbocycles. The van der Waals surface area contributed by atoms with E-state index in [1.807, 2.05) is 0 Å². The molecule has 1 aliphatic heterocycles. The first-order valence-corrected chi connectivity index (χ1v) is 10.5. The molecule has 6 nitrogen and oxygen atoms in total. The molecule has 1 atom stereocenters. The third-order valence-corrected chi connectivity index (χ3v) is 5.22. The second-order valence-electron chi connectivity index (χ2n) is 8.14. The summed E-state index contributed by atoms with van der Waals surface area (Å²) < 4.78 is 0. The lowest BCUT2D eigenvalue weighted by molar-refractivity contribution is -0.126. The average Bonchev–Trinajstić information content (AvgIpc) is 2.69. The highest BCUT2D eigenvalue weighted by Crippen LogP contribution is 2.24. The Morgan fingerprint density at radius 2 is 1.86 bits per heavy atom. The first kappa shape index (κ1) is 22.4. The Labute approximate surface area is 169 Å². The Balaban J connectivity index is 1.67. The van der Waals surface area contributed by atoms with Crippen LogP contribution in [0.4, 0.5) is 0 Å². The summed E-state index contributed by atoms with van der Waals surface area (Å²) in [6, 6.07) is 11.0. The SMILES string of the molecule is CC(C)CCC(=O)NCC(=O)NCCCN1CCN(C)CC1c1ccccc1. The van der Waals surface area contributed by atoms with Gasteiger partial charge in [0.25, 0.3) is 0 Å². The maximum absolute atomic E-state index is 11.9. The lowest BCUT2D eigenvalue weighted by atomic mass is 10.0. The summed E-state index contributed by atoms with van der Waals surface area (Å²) in [5, 5.41) is 5.61. The molecule has 1 saturated heterocycles. The number of hydrogen-bond donors (Lipinski definition) is 2. The van der Waals surface area contributed by atoms with Gasteiger partial charge in [-0.2, -0.15) is 0 Å². The summed E-state index contributed by atoms with van der Waals surface area (Å²) in [5.74, 6) is 0.330. The number of likely N-dealkylation sites (N-methyl/N-ethyl adjacent to an activating group) is 1. The topological polar surface area (TPSA) is 64.7 Å². The number of amides is 2. The Bertz CT molecular complexity index is 606. The minimum atomic E-state index is -0.115. The fraction of sp³-hybridized carbons (Fsp3) is 0.636. The van der Waals surface area contributed by atoms with Crippen LogP contribution in [0, 0.1) is 5.92 Å². The molecule has 28 heavy (non-hydrogen) atoms. The van der Waals surface area contributed by atoms with Crippen molar-refractivity contribution in [3.8, 4) is 0 Å². The van der Waals surface area contributed by atoms with Crippen LogP contribution in [0.1, 0.15) is 44.7 Å². The van der Waals surface area contributed by atoms with Crippen molar-refractivity contribution in [2.24, 2.45) is 5.92 Å². The Kier molecular flexibility index (Phi) is 9.44. The molecule has 1 aromatic rings. The molecule has 0 saturated carbocycles. The number of benzene rings is 1. The molecule has 1 heterocycles. The highest BCUT2D eigenvalue weighted by atomic mass is 16.2. The van der Waals surface area contributed by atoms with E-state index >= 15 is 0 Å². The van der Waals surface area contributed by atoms with Gasteiger partial charge in [-0.1, -0.05) is 44.2 Å². The number of nitrogens with zero attached hydrogens (tertiary/aromatic N) is 2. The Hall–Kier alpha value is -1.92. The zero-order valence-electron chi connectivity index (χ0n) is 17.6. The van der Waals surface area contributed by atoms with Crippen molar-refractivity contribution in [3.05, 3.63) is 35.9 Å². The Morgan fingerprint density at radius 3 is 2.57 bits per heavy atom. The van der Waals surface area contributed by atoms with E-state index in [9.17, 15) is 9.59 Å². The normalized spacial score (nSPS) is 18.2. The molecule has 0 radical (unpaired) electrons. The minimum Gasteiger partial charge on any atom is -0.355 e. The molecule has 156 valence electrons. The highest BCUT2D eigenvalue weighted by Gasteiger charge is 2.25. The summed E-state index contributed by atoms with van der Waals surface area (Å²) in [4.78, 5) is 28.5. The van der Waals surface area contributed by atoms with Crippen molar-refractivity contribution in [2.75, 3.05) is 46.3 Å². The second kappa shape index (κ2) is 11.8. The van der Waals surface area contributed by atoms with E-state index < -0.39 is 0 Å². The summed E-state index contributed by atoms with van der Waals surface area (Å²) in [6.07, 6.45) is 2.23. The largest absolute Gasteiger partial charge is 0.355 e. The van der Waals surface area contributed by atoms with Gasteiger partial charge in [0.1, 0.15) is 0 Å². The van der Waals surface area contributed by atoms with Gasteiger partial charge in [-0.15, -0.1) is 0 Å². The van der Waals surface area contributed by atoms with Crippen LogP contribution < -0.4 is 10.6 Å². The number of carbonyl (C=O) groups excluding carboxylic acids is 2. The zero-order chi connectivity index (χ0) is 20.4. The van der Waals surface area contributed by atoms with Crippen LogP contribution in [0.15, 0.2) is 30.3 Å². The quantitative estimate of drug-likeness (QED) is 0.602. The number of carbonyl (C=O) groups is 2. The van der Waals surface area contributed by atoms with Gasteiger partial charge in [-0.25, -0.2) is 0 Å². The van der Waals surface area contributed by atoms with Crippen LogP contribution in [0.5, 0.6) is 0 Å². The number of hydrogen-bond acceptors (Lipinski definition) is 4. The van der Waals surface area contributed by atoms with Gasteiger partial charge in [-0.3, -0.25) is 14.5 Å². The van der Waals surface area contributed by atoms with Gasteiger partial charge < -0.3 is 15.5 Å². The lowest BCUT2D eigenvalue weighted by Crippen LogP contribution is -2.47. The van der Waals surface area contributed by atoms with Crippen LogP contribution in [0.3, 0.4) is 0 Å². The molecular weight excluding hydrogens is 352 g/mol. The predicted molar refractivity (Wildman–Crippen MR) is 113 cm³/mol. The summed E-state index contributed by atoms with van der Waals surface area (Å²) in [6.45, 7) is 8.96. The molecule has 2 N–H and O–H groups in total. The summed E-state index contributed by atoms with van der Waals surface area (Å²) >= 11 is 0. The maximum atomic E-state index is 11.9. The monoisotopic (exact) mass is 388 g/mol. The standard InChI is InChI=1S/C22H36N4O2/c1-18(2)10-11-21(27)24-16-22(28)23-12-7-13-26-15-14-25(3)17-20(26)19-8-5-4-6-9-19/h4-6,8-9,18,20H,7,10-17H2,1-3H3,(H,23,28)(H,24,27). The molecule has 0 aliphatic carbocycles. The average molecular weight is 389 g/mol. The van der Waals surface area contributed by atoms with Crippen molar-refractivity contribution in [2.45, 2.75) is 39.2 Å².